The number of rotatable bonds is 5. The lowest BCUT2D eigenvalue weighted by molar-refractivity contribution is -0.120. The first-order valence-corrected chi connectivity index (χ1v) is 9.38. The zero-order valence-electron chi connectivity index (χ0n) is 14.9. The summed E-state index contributed by atoms with van der Waals surface area (Å²) in [5.74, 6) is 0.0780. The molecule has 1 aliphatic heterocycles. The molecular formula is C18H26N4OS. The second kappa shape index (κ2) is 7.07. The topological polar surface area (TPSA) is 50.2 Å². The minimum absolute atomic E-state index is 0.0780. The van der Waals surface area contributed by atoms with E-state index in [2.05, 4.69) is 33.7 Å². The van der Waals surface area contributed by atoms with Crippen molar-refractivity contribution >= 4 is 17.2 Å². The van der Waals surface area contributed by atoms with Crippen LogP contribution in [-0.2, 0) is 31.2 Å². The van der Waals surface area contributed by atoms with Gasteiger partial charge in [-0.25, -0.2) is 0 Å². The molecule has 0 fully saturated rings. The van der Waals surface area contributed by atoms with Gasteiger partial charge < -0.3 is 5.32 Å². The molecule has 0 saturated carbocycles. The number of carbonyl (C=O) groups is 1. The molecule has 1 atom stereocenters. The van der Waals surface area contributed by atoms with E-state index in [4.69, 9.17) is 0 Å². The van der Waals surface area contributed by atoms with Crippen LogP contribution < -0.4 is 5.32 Å². The monoisotopic (exact) mass is 346 g/mol. The summed E-state index contributed by atoms with van der Waals surface area (Å²) in [6.45, 7) is 8.93. The smallest absolute Gasteiger partial charge is 0.224 e. The molecule has 0 spiro atoms. The van der Waals surface area contributed by atoms with E-state index in [9.17, 15) is 4.79 Å². The maximum Gasteiger partial charge on any atom is 0.224 e. The number of aryl methyl sites for hydroxylation is 2. The van der Waals surface area contributed by atoms with Crippen LogP contribution in [0.3, 0.4) is 0 Å². The molecule has 3 rings (SSSR count). The van der Waals surface area contributed by atoms with Gasteiger partial charge in [0, 0.05) is 48.9 Å². The van der Waals surface area contributed by atoms with Gasteiger partial charge in [-0.2, -0.15) is 5.10 Å². The number of nitrogens with one attached hydrogen (secondary N) is 1. The van der Waals surface area contributed by atoms with Crippen molar-refractivity contribution in [1.82, 2.24) is 20.0 Å². The molecule has 1 aliphatic rings. The van der Waals surface area contributed by atoms with Crippen LogP contribution in [0.4, 0.5) is 0 Å². The van der Waals surface area contributed by atoms with Gasteiger partial charge in [-0.1, -0.05) is 0 Å². The number of carbonyl (C=O) groups excluding carboxylic acids is 1. The fraction of sp³-hybridized carbons (Fsp3) is 0.556. The second-order valence-electron chi connectivity index (χ2n) is 6.69. The van der Waals surface area contributed by atoms with Crippen molar-refractivity contribution in [1.29, 1.82) is 0 Å². The molecule has 3 heterocycles. The van der Waals surface area contributed by atoms with Crippen molar-refractivity contribution in [2.75, 3.05) is 13.1 Å². The van der Waals surface area contributed by atoms with E-state index >= 15 is 0 Å². The van der Waals surface area contributed by atoms with Crippen LogP contribution in [0.25, 0.3) is 0 Å². The van der Waals surface area contributed by atoms with Gasteiger partial charge in [-0.3, -0.25) is 14.4 Å². The standard InChI is InChI=1S/C18H26N4OS/c1-12(22-7-5-17-15(11-22)6-8-24-17)10-19-18(23)9-16-13(2)20-21(4)14(16)3/h6,8,12H,5,7,9-11H2,1-4H3,(H,19,23)/t12-/m0/s1. The molecule has 2 aromatic heterocycles. The number of hydrogen-bond acceptors (Lipinski definition) is 4. The van der Waals surface area contributed by atoms with E-state index in [-0.39, 0.29) is 5.91 Å². The van der Waals surface area contributed by atoms with Crippen LogP contribution >= 0.6 is 11.3 Å². The normalized spacial score (nSPS) is 16.0. The van der Waals surface area contributed by atoms with Crippen LogP contribution in [-0.4, -0.2) is 39.7 Å². The summed E-state index contributed by atoms with van der Waals surface area (Å²) in [5.41, 5.74) is 4.51. The van der Waals surface area contributed by atoms with Crippen molar-refractivity contribution in [2.45, 2.75) is 46.2 Å². The number of hydrogen-bond donors (Lipinski definition) is 1. The van der Waals surface area contributed by atoms with Gasteiger partial charge in [0.15, 0.2) is 0 Å². The molecule has 0 bridgehead atoms. The van der Waals surface area contributed by atoms with Crippen LogP contribution in [0, 0.1) is 13.8 Å². The molecule has 0 unspecified atom stereocenters. The molecule has 0 aliphatic carbocycles. The van der Waals surface area contributed by atoms with Crippen molar-refractivity contribution in [3.05, 3.63) is 38.8 Å². The van der Waals surface area contributed by atoms with Crippen molar-refractivity contribution in [3.8, 4) is 0 Å². The Balaban J connectivity index is 1.51. The summed E-state index contributed by atoms with van der Waals surface area (Å²) in [4.78, 5) is 16.3. The first-order chi connectivity index (χ1) is 11.5. The highest BCUT2D eigenvalue weighted by Crippen LogP contribution is 2.25. The SMILES string of the molecule is Cc1nn(C)c(C)c1CC(=O)NC[C@H](C)N1CCc2sccc2C1. The van der Waals surface area contributed by atoms with E-state index in [1.54, 1.807) is 0 Å². The van der Waals surface area contributed by atoms with E-state index in [0.717, 1.165) is 36.5 Å². The summed E-state index contributed by atoms with van der Waals surface area (Å²) >= 11 is 1.86. The lowest BCUT2D eigenvalue weighted by Gasteiger charge is -2.32. The van der Waals surface area contributed by atoms with Gasteiger partial charge in [-0.15, -0.1) is 11.3 Å². The number of nitrogens with zero attached hydrogens (tertiary/aromatic N) is 3. The first-order valence-electron chi connectivity index (χ1n) is 8.50. The van der Waals surface area contributed by atoms with E-state index < -0.39 is 0 Å². The van der Waals surface area contributed by atoms with Crippen LogP contribution in [0.5, 0.6) is 0 Å². The fourth-order valence-corrected chi connectivity index (χ4v) is 4.22. The van der Waals surface area contributed by atoms with Crippen LogP contribution in [0.2, 0.25) is 0 Å². The third kappa shape index (κ3) is 3.54. The van der Waals surface area contributed by atoms with Crippen molar-refractivity contribution < 1.29 is 4.79 Å². The Morgan fingerprint density at radius 1 is 1.46 bits per heavy atom. The predicted molar refractivity (Wildman–Crippen MR) is 97.3 cm³/mol. The highest BCUT2D eigenvalue weighted by Gasteiger charge is 2.22. The van der Waals surface area contributed by atoms with Gasteiger partial charge in [0.2, 0.25) is 5.91 Å². The number of fused-ring (bicyclic) bond motifs is 1. The fourth-order valence-electron chi connectivity index (χ4n) is 3.33. The molecule has 0 saturated heterocycles. The third-order valence-electron chi connectivity index (χ3n) is 5.05. The zero-order valence-corrected chi connectivity index (χ0v) is 15.7. The lowest BCUT2D eigenvalue weighted by atomic mass is 10.1. The number of thiophene rings is 1. The Hall–Kier alpha value is -1.66. The predicted octanol–water partition coefficient (Wildman–Crippen LogP) is 2.20. The Morgan fingerprint density at radius 3 is 2.96 bits per heavy atom. The zero-order chi connectivity index (χ0) is 17.3. The first kappa shape index (κ1) is 17.2. The Kier molecular flexibility index (Phi) is 5.06. The summed E-state index contributed by atoms with van der Waals surface area (Å²) in [7, 11) is 1.92. The van der Waals surface area contributed by atoms with Crippen molar-refractivity contribution in [3.63, 3.8) is 0 Å². The van der Waals surface area contributed by atoms with Crippen LogP contribution in [0.1, 0.15) is 34.3 Å². The molecule has 6 heteroatoms. The Morgan fingerprint density at radius 2 is 2.25 bits per heavy atom. The molecule has 5 nitrogen and oxygen atoms in total. The average Bonchev–Trinajstić information content (AvgIpc) is 3.12. The van der Waals surface area contributed by atoms with E-state index in [1.165, 1.54) is 10.4 Å². The second-order valence-corrected chi connectivity index (χ2v) is 7.69. The molecule has 1 amide bonds. The van der Waals surface area contributed by atoms with E-state index in [1.807, 2.05) is 36.9 Å². The molecule has 0 aromatic carbocycles. The lowest BCUT2D eigenvalue weighted by Crippen LogP contribution is -2.44. The summed E-state index contributed by atoms with van der Waals surface area (Å²) in [5, 5.41) is 9.65. The molecule has 130 valence electrons. The maximum atomic E-state index is 12.3. The van der Waals surface area contributed by atoms with Gasteiger partial charge in [0.05, 0.1) is 12.1 Å². The minimum atomic E-state index is 0.0780. The van der Waals surface area contributed by atoms with Gasteiger partial charge in [0.25, 0.3) is 0 Å². The van der Waals surface area contributed by atoms with Gasteiger partial charge >= 0.3 is 0 Å². The molecular weight excluding hydrogens is 320 g/mol. The van der Waals surface area contributed by atoms with Crippen LogP contribution in [0.15, 0.2) is 11.4 Å². The minimum Gasteiger partial charge on any atom is -0.354 e. The highest BCUT2D eigenvalue weighted by molar-refractivity contribution is 7.10. The maximum absolute atomic E-state index is 12.3. The van der Waals surface area contributed by atoms with Gasteiger partial charge in [-0.05, 0) is 44.2 Å². The summed E-state index contributed by atoms with van der Waals surface area (Å²) in [6, 6.07) is 2.57. The molecule has 1 N–H and O–H groups in total. The average molecular weight is 347 g/mol. The molecule has 24 heavy (non-hydrogen) atoms. The number of aromatic nitrogens is 2. The van der Waals surface area contributed by atoms with Crippen molar-refractivity contribution in [2.24, 2.45) is 7.05 Å². The highest BCUT2D eigenvalue weighted by atomic mass is 32.1. The van der Waals surface area contributed by atoms with Gasteiger partial charge in [0.1, 0.15) is 0 Å². The van der Waals surface area contributed by atoms with E-state index in [0.29, 0.717) is 19.0 Å². The summed E-state index contributed by atoms with van der Waals surface area (Å²) in [6.07, 6.45) is 1.53. The Labute approximate surface area is 147 Å². The summed E-state index contributed by atoms with van der Waals surface area (Å²) < 4.78 is 1.84. The molecule has 0 radical (unpaired) electrons. The quantitative estimate of drug-likeness (QED) is 0.903. The third-order valence-corrected chi connectivity index (χ3v) is 6.07. The number of amides is 1. The largest absolute Gasteiger partial charge is 0.354 e. The molecule has 2 aromatic rings. The Bertz CT molecular complexity index is 733.